The molecule has 7 nitrogen and oxygen atoms in total. The van der Waals surface area contributed by atoms with Gasteiger partial charge < -0.3 is 15.5 Å². The molecule has 2 N–H and O–H groups in total. The number of nitrogens with zero attached hydrogens (tertiary/aromatic N) is 4. The maximum Gasteiger partial charge on any atom is 0.241 e. The first kappa shape index (κ1) is 24.2. The van der Waals surface area contributed by atoms with Gasteiger partial charge in [-0.2, -0.15) is 5.10 Å². The molecule has 0 atom stereocenters. The van der Waals surface area contributed by atoms with Gasteiger partial charge in [0.25, 0.3) is 0 Å². The van der Waals surface area contributed by atoms with Crippen LogP contribution in [0.25, 0.3) is 0 Å². The molecule has 0 saturated carbocycles. The molecule has 1 aromatic carbocycles. The van der Waals surface area contributed by atoms with Crippen molar-refractivity contribution in [2.24, 2.45) is 4.99 Å². The van der Waals surface area contributed by atoms with E-state index in [1.165, 1.54) is 5.56 Å². The van der Waals surface area contributed by atoms with Gasteiger partial charge >= 0.3 is 0 Å². The van der Waals surface area contributed by atoms with E-state index in [1.54, 1.807) is 0 Å². The van der Waals surface area contributed by atoms with Crippen molar-refractivity contribution < 1.29 is 4.79 Å². The van der Waals surface area contributed by atoms with Crippen LogP contribution in [-0.2, 0) is 17.9 Å². The fourth-order valence-electron chi connectivity index (χ4n) is 3.61. The van der Waals surface area contributed by atoms with Gasteiger partial charge in [-0.05, 0) is 39.2 Å². The Bertz CT molecular complexity index is 843. The highest BCUT2D eigenvalue weighted by atomic mass is 127. The predicted molar refractivity (Wildman–Crippen MR) is 131 cm³/mol. The number of carbonyl (C=O) groups is 1. The summed E-state index contributed by atoms with van der Waals surface area (Å²) in [5, 5.41) is 11.1. The molecule has 1 amide bonds. The number of nitrogens with one attached hydrogen (secondary N) is 2. The molecular weight excluding hydrogens is 491 g/mol. The van der Waals surface area contributed by atoms with E-state index < -0.39 is 0 Å². The van der Waals surface area contributed by atoms with E-state index in [2.05, 4.69) is 29.7 Å². The summed E-state index contributed by atoms with van der Waals surface area (Å²) in [6.45, 7) is 10.2. The van der Waals surface area contributed by atoms with Gasteiger partial charge in [-0.1, -0.05) is 30.3 Å². The van der Waals surface area contributed by atoms with Gasteiger partial charge in [0.15, 0.2) is 5.96 Å². The second-order valence-corrected chi connectivity index (χ2v) is 7.43. The fourth-order valence-corrected chi connectivity index (χ4v) is 3.61. The van der Waals surface area contributed by atoms with Gasteiger partial charge in [-0.25, -0.2) is 4.99 Å². The zero-order valence-electron chi connectivity index (χ0n) is 18.1. The highest BCUT2D eigenvalue weighted by Crippen LogP contribution is 2.16. The third-order valence-corrected chi connectivity index (χ3v) is 5.31. The van der Waals surface area contributed by atoms with Crippen molar-refractivity contribution >= 4 is 35.8 Å². The van der Waals surface area contributed by atoms with E-state index in [4.69, 9.17) is 10.1 Å². The van der Waals surface area contributed by atoms with Crippen molar-refractivity contribution in [3.8, 4) is 0 Å². The topological polar surface area (TPSA) is 74.5 Å². The molecule has 3 rings (SSSR count). The van der Waals surface area contributed by atoms with Crippen LogP contribution in [-0.4, -0.2) is 52.7 Å². The first-order chi connectivity index (χ1) is 14.1. The van der Waals surface area contributed by atoms with Crippen molar-refractivity contribution in [3.63, 3.8) is 0 Å². The van der Waals surface area contributed by atoms with Crippen LogP contribution in [0, 0.1) is 13.8 Å². The summed E-state index contributed by atoms with van der Waals surface area (Å²) in [5.41, 5.74) is 4.47. The lowest BCUT2D eigenvalue weighted by atomic mass is 10.2. The number of aryl methyl sites for hydroxylation is 1. The van der Waals surface area contributed by atoms with Crippen LogP contribution < -0.4 is 10.6 Å². The zero-order valence-corrected chi connectivity index (χ0v) is 20.5. The summed E-state index contributed by atoms with van der Waals surface area (Å²) in [7, 11) is 0. The Hall–Kier alpha value is -2.10. The molecule has 0 spiro atoms. The summed E-state index contributed by atoms with van der Waals surface area (Å²) in [6, 6.07) is 10.3. The molecule has 0 radical (unpaired) electrons. The monoisotopic (exact) mass is 524 g/mol. The lowest BCUT2D eigenvalue weighted by molar-refractivity contribution is -0.128. The summed E-state index contributed by atoms with van der Waals surface area (Å²) in [5.74, 6) is 0.797. The number of hydrogen-bond donors (Lipinski definition) is 2. The Morgan fingerprint density at radius 1 is 1.13 bits per heavy atom. The first-order valence-electron chi connectivity index (χ1n) is 10.4. The van der Waals surface area contributed by atoms with Crippen molar-refractivity contribution in [1.29, 1.82) is 0 Å². The van der Waals surface area contributed by atoms with Crippen molar-refractivity contribution in [2.45, 2.75) is 46.7 Å². The van der Waals surface area contributed by atoms with Gasteiger partial charge in [0.2, 0.25) is 5.91 Å². The molecule has 1 fully saturated rings. The molecule has 1 aliphatic rings. The van der Waals surface area contributed by atoms with E-state index in [-0.39, 0.29) is 36.4 Å². The second-order valence-electron chi connectivity index (χ2n) is 7.43. The van der Waals surface area contributed by atoms with Crippen LogP contribution in [0.5, 0.6) is 0 Å². The van der Waals surface area contributed by atoms with E-state index in [0.29, 0.717) is 12.5 Å². The minimum atomic E-state index is 0. The molecular formula is C22H33IN6O. The molecule has 1 aliphatic heterocycles. The maximum atomic E-state index is 12.3. The number of hydrogen-bond acceptors (Lipinski definition) is 3. The van der Waals surface area contributed by atoms with E-state index in [1.807, 2.05) is 41.6 Å². The Morgan fingerprint density at radius 3 is 2.50 bits per heavy atom. The third-order valence-electron chi connectivity index (χ3n) is 5.31. The Balaban J connectivity index is 0.00000320. The van der Waals surface area contributed by atoms with Gasteiger partial charge in [0.05, 0.1) is 25.3 Å². The number of rotatable bonds is 7. The molecule has 2 aromatic rings. The summed E-state index contributed by atoms with van der Waals surface area (Å²) in [6.07, 6.45) is 2.21. The maximum absolute atomic E-state index is 12.3. The van der Waals surface area contributed by atoms with Gasteiger partial charge in [0, 0.05) is 30.9 Å². The quantitative estimate of drug-likeness (QED) is 0.332. The Kier molecular flexibility index (Phi) is 9.61. The molecule has 164 valence electrons. The zero-order chi connectivity index (χ0) is 20.6. The molecule has 8 heteroatoms. The number of aliphatic imine (C=N–C) groups is 1. The van der Waals surface area contributed by atoms with Gasteiger partial charge in [-0.3, -0.25) is 9.48 Å². The number of likely N-dealkylation sites (tertiary alicyclic amines) is 1. The Morgan fingerprint density at radius 2 is 1.83 bits per heavy atom. The number of benzene rings is 1. The smallest absolute Gasteiger partial charge is 0.241 e. The molecule has 1 saturated heterocycles. The largest absolute Gasteiger partial charge is 0.357 e. The number of halogens is 1. The van der Waals surface area contributed by atoms with Crippen LogP contribution in [0.15, 0.2) is 35.3 Å². The normalized spacial score (nSPS) is 13.8. The molecule has 0 unspecified atom stereocenters. The van der Waals surface area contributed by atoms with Gasteiger partial charge in [0.1, 0.15) is 0 Å². The fraction of sp³-hybridized carbons (Fsp3) is 0.500. The van der Waals surface area contributed by atoms with Crippen LogP contribution in [0.3, 0.4) is 0 Å². The predicted octanol–water partition coefficient (Wildman–Crippen LogP) is 2.84. The molecule has 30 heavy (non-hydrogen) atoms. The lowest BCUT2D eigenvalue weighted by Gasteiger charge is -2.17. The van der Waals surface area contributed by atoms with E-state index in [0.717, 1.165) is 56.0 Å². The second kappa shape index (κ2) is 11.9. The molecule has 1 aromatic heterocycles. The van der Waals surface area contributed by atoms with Crippen LogP contribution in [0.1, 0.15) is 42.3 Å². The lowest BCUT2D eigenvalue weighted by Crippen LogP contribution is -2.44. The van der Waals surface area contributed by atoms with Crippen LogP contribution >= 0.6 is 24.0 Å². The van der Waals surface area contributed by atoms with Crippen molar-refractivity contribution in [1.82, 2.24) is 25.3 Å². The average Bonchev–Trinajstić information content (AvgIpc) is 3.34. The molecule has 2 heterocycles. The number of guanidine groups is 1. The number of amides is 1. The summed E-state index contributed by atoms with van der Waals surface area (Å²) < 4.78 is 2.03. The first-order valence-corrected chi connectivity index (χ1v) is 10.4. The van der Waals surface area contributed by atoms with E-state index >= 15 is 0 Å². The Labute approximate surface area is 196 Å². The third kappa shape index (κ3) is 6.45. The van der Waals surface area contributed by atoms with Crippen molar-refractivity contribution in [2.75, 3.05) is 26.2 Å². The molecule has 0 bridgehead atoms. The summed E-state index contributed by atoms with van der Waals surface area (Å²) in [4.78, 5) is 18.9. The van der Waals surface area contributed by atoms with Gasteiger partial charge in [-0.15, -0.1) is 24.0 Å². The number of carbonyl (C=O) groups excluding carboxylic acids is 1. The van der Waals surface area contributed by atoms with Crippen LogP contribution in [0.4, 0.5) is 0 Å². The highest BCUT2D eigenvalue weighted by molar-refractivity contribution is 14.0. The highest BCUT2D eigenvalue weighted by Gasteiger charge is 2.18. The minimum absolute atomic E-state index is 0. The van der Waals surface area contributed by atoms with E-state index in [9.17, 15) is 4.79 Å². The molecule has 0 aliphatic carbocycles. The standard InChI is InChI=1S/C22H32N6O.HI/c1-4-23-22(25-15-21(29)27-12-8-9-13-27)24-14-20-17(2)26-28(18(20)3)16-19-10-6-5-7-11-19;/h5-7,10-11H,4,8-9,12-16H2,1-3H3,(H2,23,24,25);1H. The summed E-state index contributed by atoms with van der Waals surface area (Å²) >= 11 is 0. The SMILES string of the molecule is CCNC(=NCc1c(C)nn(Cc2ccccc2)c1C)NCC(=O)N1CCCC1.I. The van der Waals surface area contributed by atoms with Crippen LogP contribution in [0.2, 0.25) is 0 Å². The minimum Gasteiger partial charge on any atom is -0.357 e. The van der Waals surface area contributed by atoms with Crippen molar-refractivity contribution in [3.05, 3.63) is 52.8 Å². The number of aromatic nitrogens is 2. The average molecular weight is 524 g/mol.